The molecule has 0 amide bonds. The second-order valence-electron chi connectivity index (χ2n) is 6.11. The van der Waals surface area contributed by atoms with Crippen molar-refractivity contribution in [1.82, 2.24) is 20.2 Å². The largest absolute Gasteiger partial charge is 0.411 e. The Labute approximate surface area is 169 Å². The number of nitrogens with zero attached hydrogens (tertiary/aromatic N) is 4. The van der Waals surface area contributed by atoms with Gasteiger partial charge in [-0.05, 0) is 36.4 Å². The molecule has 0 radical (unpaired) electrons. The van der Waals surface area contributed by atoms with Gasteiger partial charge in [-0.25, -0.2) is 9.97 Å². The summed E-state index contributed by atoms with van der Waals surface area (Å²) in [4.78, 5) is 10.2. The van der Waals surface area contributed by atoms with E-state index in [1.165, 1.54) is 11.8 Å². The molecule has 2 aromatic carbocycles. The number of rotatable bonds is 4. The van der Waals surface area contributed by atoms with Crippen LogP contribution in [0, 0.1) is 6.92 Å². The minimum atomic E-state index is 0.462. The molecule has 5 nitrogen and oxygen atoms in total. The summed E-state index contributed by atoms with van der Waals surface area (Å²) in [6, 6.07) is 20.0. The standard InChI is InChI=1S/C21H14N4OS2/c1-13-22-19-17(16(12-27-19)14-8-4-2-5-9-14)20(23-13)28-21-25-24-18(26-21)15-10-6-3-7-11-15/h2-12H,1H3. The minimum Gasteiger partial charge on any atom is -0.411 e. The molecule has 0 saturated carbocycles. The van der Waals surface area contributed by atoms with Gasteiger partial charge in [-0.15, -0.1) is 21.5 Å². The van der Waals surface area contributed by atoms with E-state index >= 15 is 0 Å². The second-order valence-corrected chi connectivity index (χ2v) is 7.91. The van der Waals surface area contributed by atoms with Gasteiger partial charge in [-0.1, -0.05) is 48.5 Å². The van der Waals surface area contributed by atoms with E-state index in [9.17, 15) is 0 Å². The summed E-state index contributed by atoms with van der Waals surface area (Å²) < 4.78 is 5.87. The molecule has 0 aliphatic heterocycles. The van der Waals surface area contributed by atoms with Crippen molar-refractivity contribution in [3.63, 3.8) is 0 Å². The number of thiophene rings is 1. The van der Waals surface area contributed by atoms with Crippen LogP contribution >= 0.6 is 23.1 Å². The fourth-order valence-electron chi connectivity index (χ4n) is 2.95. The molecule has 0 atom stereocenters. The third kappa shape index (κ3) is 3.19. The van der Waals surface area contributed by atoms with Crippen LogP contribution in [0.2, 0.25) is 0 Å². The van der Waals surface area contributed by atoms with Crippen molar-refractivity contribution in [2.75, 3.05) is 0 Å². The molecule has 28 heavy (non-hydrogen) atoms. The maximum Gasteiger partial charge on any atom is 0.283 e. The van der Waals surface area contributed by atoms with Crippen molar-refractivity contribution < 1.29 is 4.42 Å². The van der Waals surface area contributed by atoms with Crippen LogP contribution in [0.4, 0.5) is 0 Å². The lowest BCUT2D eigenvalue weighted by Crippen LogP contribution is -1.91. The number of aromatic nitrogens is 4. The number of benzene rings is 2. The quantitative estimate of drug-likeness (QED) is 0.350. The molecule has 3 aromatic heterocycles. The van der Waals surface area contributed by atoms with Crippen molar-refractivity contribution >= 4 is 33.3 Å². The summed E-state index contributed by atoms with van der Waals surface area (Å²) in [7, 11) is 0. The molecule has 5 rings (SSSR count). The van der Waals surface area contributed by atoms with E-state index in [1.54, 1.807) is 11.3 Å². The van der Waals surface area contributed by atoms with E-state index in [0.29, 0.717) is 11.1 Å². The summed E-state index contributed by atoms with van der Waals surface area (Å²) in [6.45, 7) is 1.90. The normalized spacial score (nSPS) is 11.2. The Morgan fingerprint density at radius 3 is 2.32 bits per heavy atom. The Morgan fingerprint density at radius 1 is 0.857 bits per heavy atom. The fraction of sp³-hybridized carbons (Fsp3) is 0.0476. The molecule has 0 spiro atoms. The molecule has 5 aromatic rings. The Morgan fingerprint density at radius 2 is 1.57 bits per heavy atom. The van der Waals surface area contributed by atoms with Crippen molar-refractivity contribution in [2.24, 2.45) is 0 Å². The molecule has 0 fully saturated rings. The minimum absolute atomic E-state index is 0.462. The Kier molecular flexibility index (Phi) is 4.38. The van der Waals surface area contributed by atoms with Crippen LogP contribution < -0.4 is 0 Å². The number of hydrogen-bond acceptors (Lipinski definition) is 7. The van der Waals surface area contributed by atoms with Crippen LogP contribution in [0.1, 0.15) is 5.82 Å². The number of hydrogen-bond donors (Lipinski definition) is 0. The van der Waals surface area contributed by atoms with Gasteiger partial charge in [0.15, 0.2) is 0 Å². The van der Waals surface area contributed by atoms with Crippen LogP contribution in [-0.2, 0) is 0 Å². The Hall–Kier alpha value is -3.03. The van der Waals surface area contributed by atoms with Gasteiger partial charge in [-0.2, -0.15) is 0 Å². The summed E-state index contributed by atoms with van der Waals surface area (Å²) in [5.41, 5.74) is 3.15. The van der Waals surface area contributed by atoms with Crippen LogP contribution in [0.15, 0.2) is 80.7 Å². The summed E-state index contributed by atoms with van der Waals surface area (Å²) >= 11 is 2.99. The van der Waals surface area contributed by atoms with Crippen LogP contribution in [0.5, 0.6) is 0 Å². The zero-order chi connectivity index (χ0) is 18.9. The van der Waals surface area contributed by atoms with Crippen molar-refractivity contribution in [2.45, 2.75) is 17.2 Å². The van der Waals surface area contributed by atoms with Crippen molar-refractivity contribution in [3.8, 4) is 22.6 Å². The van der Waals surface area contributed by atoms with Gasteiger partial charge in [-0.3, -0.25) is 0 Å². The molecule has 0 aliphatic rings. The Balaban J connectivity index is 1.58. The maximum atomic E-state index is 5.87. The number of fused-ring (bicyclic) bond motifs is 1. The van der Waals surface area contributed by atoms with Gasteiger partial charge in [0.2, 0.25) is 5.89 Å². The molecule has 0 saturated heterocycles. The van der Waals surface area contributed by atoms with Gasteiger partial charge in [0.05, 0.1) is 5.39 Å². The van der Waals surface area contributed by atoms with Crippen LogP contribution in [-0.4, -0.2) is 20.2 Å². The molecule has 7 heteroatoms. The Bertz CT molecular complexity index is 1250. The highest BCUT2D eigenvalue weighted by atomic mass is 32.2. The smallest absolute Gasteiger partial charge is 0.283 e. The summed E-state index contributed by atoms with van der Waals surface area (Å²) in [5.74, 6) is 1.22. The van der Waals surface area contributed by atoms with Gasteiger partial charge in [0.25, 0.3) is 5.22 Å². The third-order valence-electron chi connectivity index (χ3n) is 4.21. The van der Waals surface area contributed by atoms with E-state index in [4.69, 9.17) is 4.42 Å². The lowest BCUT2D eigenvalue weighted by molar-refractivity contribution is 0.465. The molecule has 0 N–H and O–H groups in total. The van der Waals surface area contributed by atoms with Crippen LogP contribution in [0.3, 0.4) is 0 Å². The van der Waals surface area contributed by atoms with Gasteiger partial charge in [0.1, 0.15) is 15.7 Å². The highest BCUT2D eigenvalue weighted by molar-refractivity contribution is 7.99. The van der Waals surface area contributed by atoms with Crippen LogP contribution in [0.25, 0.3) is 32.8 Å². The summed E-state index contributed by atoms with van der Waals surface area (Å²) in [6.07, 6.45) is 0. The second kappa shape index (κ2) is 7.18. The maximum absolute atomic E-state index is 5.87. The van der Waals surface area contributed by atoms with E-state index < -0.39 is 0 Å². The molecular formula is C21H14N4OS2. The predicted octanol–water partition coefficient (Wildman–Crippen LogP) is 5.87. The molecule has 136 valence electrons. The summed E-state index contributed by atoms with van der Waals surface area (Å²) in [5, 5.41) is 12.8. The van der Waals surface area contributed by atoms with E-state index in [1.807, 2.05) is 55.5 Å². The van der Waals surface area contributed by atoms with Gasteiger partial charge >= 0.3 is 0 Å². The van der Waals surface area contributed by atoms with Crippen molar-refractivity contribution in [3.05, 3.63) is 71.9 Å². The fourth-order valence-corrected chi connectivity index (χ4v) is 4.86. The van der Waals surface area contributed by atoms with Crippen molar-refractivity contribution in [1.29, 1.82) is 0 Å². The zero-order valence-corrected chi connectivity index (χ0v) is 16.5. The lowest BCUT2D eigenvalue weighted by atomic mass is 10.1. The SMILES string of the molecule is Cc1nc(Sc2nnc(-c3ccccc3)o2)c2c(-c3ccccc3)csc2n1. The first-order valence-electron chi connectivity index (χ1n) is 8.66. The number of aryl methyl sites for hydroxylation is 1. The third-order valence-corrected chi connectivity index (χ3v) is 5.91. The first-order valence-corrected chi connectivity index (χ1v) is 10.4. The molecule has 0 aliphatic carbocycles. The predicted molar refractivity (Wildman–Crippen MR) is 111 cm³/mol. The van der Waals surface area contributed by atoms with E-state index in [-0.39, 0.29) is 0 Å². The molecule has 3 heterocycles. The van der Waals surface area contributed by atoms with Gasteiger partial charge in [0, 0.05) is 16.5 Å². The molecule has 0 bridgehead atoms. The zero-order valence-electron chi connectivity index (χ0n) is 14.9. The van der Waals surface area contributed by atoms with E-state index in [0.717, 1.165) is 37.8 Å². The van der Waals surface area contributed by atoms with Gasteiger partial charge < -0.3 is 4.42 Å². The molecular weight excluding hydrogens is 388 g/mol. The molecule has 0 unspecified atom stereocenters. The average Bonchev–Trinajstić information content (AvgIpc) is 3.36. The lowest BCUT2D eigenvalue weighted by Gasteiger charge is -2.04. The average molecular weight is 403 g/mol. The highest BCUT2D eigenvalue weighted by Gasteiger charge is 2.18. The highest BCUT2D eigenvalue weighted by Crippen LogP contribution is 2.40. The topological polar surface area (TPSA) is 64.7 Å². The first kappa shape index (κ1) is 17.1. The first-order chi connectivity index (χ1) is 13.8. The monoisotopic (exact) mass is 402 g/mol. The van der Waals surface area contributed by atoms with E-state index in [2.05, 4.69) is 37.7 Å².